The third kappa shape index (κ3) is 2.68. The lowest BCUT2D eigenvalue weighted by molar-refractivity contribution is -0.388. The molecule has 14 heavy (non-hydrogen) atoms. The van der Waals surface area contributed by atoms with Crippen LogP contribution in [-0.4, -0.2) is 26.9 Å². The van der Waals surface area contributed by atoms with Crippen LogP contribution in [0.4, 0.5) is 5.69 Å². The number of nitro groups is 1. The van der Waals surface area contributed by atoms with Gasteiger partial charge in [-0.3, -0.25) is 10.1 Å². The van der Waals surface area contributed by atoms with E-state index in [2.05, 4.69) is 4.98 Å². The minimum absolute atomic E-state index is 0.0159. The lowest BCUT2D eigenvalue weighted by Gasteiger charge is -2.05. The maximum Gasteiger partial charge on any atom is 0.301 e. The number of hydrogen-bond acceptors (Lipinski definition) is 5. The van der Waals surface area contributed by atoms with Crippen LogP contribution in [0.25, 0.3) is 0 Å². The van der Waals surface area contributed by atoms with Gasteiger partial charge in [0.15, 0.2) is 5.03 Å². The summed E-state index contributed by atoms with van der Waals surface area (Å²) in [6.07, 6.45) is 1.50. The molecule has 0 radical (unpaired) electrons. The first-order valence-corrected chi connectivity index (χ1v) is 4.90. The zero-order valence-corrected chi connectivity index (χ0v) is 8.40. The van der Waals surface area contributed by atoms with Crippen molar-refractivity contribution in [1.82, 2.24) is 4.98 Å². The predicted molar refractivity (Wildman–Crippen MR) is 53.3 cm³/mol. The second kappa shape index (κ2) is 4.92. The Labute approximate surface area is 85.3 Å². The molecular weight excluding hydrogens is 204 g/mol. The van der Waals surface area contributed by atoms with E-state index in [-0.39, 0.29) is 17.5 Å². The van der Waals surface area contributed by atoms with Crippen LogP contribution in [-0.2, 0) is 0 Å². The number of rotatable bonds is 4. The maximum absolute atomic E-state index is 10.6. The van der Waals surface area contributed by atoms with E-state index in [0.717, 1.165) is 0 Å². The summed E-state index contributed by atoms with van der Waals surface area (Å²) in [4.78, 5) is 14.0. The molecule has 1 rings (SSSR count). The first-order valence-electron chi connectivity index (χ1n) is 4.02. The molecular formula is C8H10N2O3S. The van der Waals surface area contributed by atoms with Gasteiger partial charge in [0, 0.05) is 17.5 Å². The number of thioether (sulfide) groups is 1. The van der Waals surface area contributed by atoms with Gasteiger partial charge in [0.2, 0.25) is 0 Å². The molecule has 0 aromatic carbocycles. The van der Waals surface area contributed by atoms with Crippen molar-refractivity contribution in [1.29, 1.82) is 0 Å². The summed E-state index contributed by atoms with van der Waals surface area (Å²) < 4.78 is 0. The third-order valence-electron chi connectivity index (χ3n) is 1.52. The number of aliphatic hydroxyl groups is 1. The summed E-state index contributed by atoms with van der Waals surface area (Å²) in [6, 6.07) is 2.92. The van der Waals surface area contributed by atoms with E-state index >= 15 is 0 Å². The minimum Gasteiger partial charge on any atom is -0.395 e. The summed E-state index contributed by atoms with van der Waals surface area (Å²) in [5.74, 6) is 0. The van der Waals surface area contributed by atoms with Gasteiger partial charge >= 0.3 is 5.69 Å². The molecule has 1 heterocycles. The van der Waals surface area contributed by atoms with E-state index in [4.69, 9.17) is 5.11 Å². The minimum atomic E-state index is -0.473. The van der Waals surface area contributed by atoms with Gasteiger partial charge < -0.3 is 5.11 Å². The molecule has 0 saturated heterocycles. The fraction of sp³-hybridized carbons (Fsp3) is 0.375. The normalized spacial score (nSPS) is 12.4. The van der Waals surface area contributed by atoms with Crippen molar-refractivity contribution >= 4 is 17.4 Å². The molecule has 1 atom stereocenters. The highest BCUT2D eigenvalue weighted by Gasteiger charge is 2.16. The molecule has 6 heteroatoms. The Bertz CT molecular complexity index is 332. The topological polar surface area (TPSA) is 76.3 Å². The lowest BCUT2D eigenvalue weighted by Crippen LogP contribution is -2.03. The predicted octanol–water partition coefficient (Wildman–Crippen LogP) is 1.46. The molecule has 0 aliphatic rings. The second-order valence-corrected chi connectivity index (χ2v) is 4.12. The van der Waals surface area contributed by atoms with Crippen LogP contribution in [0.2, 0.25) is 0 Å². The van der Waals surface area contributed by atoms with Crippen molar-refractivity contribution < 1.29 is 10.0 Å². The first-order chi connectivity index (χ1) is 6.65. The van der Waals surface area contributed by atoms with Crippen LogP contribution in [0, 0.1) is 10.1 Å². The Morgan fingerprint density at radius 1 is 1.79 bits per heavy atom. The number of aromatic nitrogens is 1. The second-order valence-electron chi connectivity index (χ2n) is 2.70. The van der Waals surface area contributed by atoms with Crippen molar-refractivity contribution in [3.05, 3.63) is 28.4 Å². The van der Waals surface area contributed by atoms with Gasteiger partial charge in [-0.2, -0.15) is 0 Å². The van der Waals surface area contributed by atoms with Crippen molar-refractivity contribution in [3.8, 4) is 0 Å². The molecule has 0 amide bonds. The Kier molecular flexibility index (Phi) is 3.84. The van der Waals surface area contributed by atoms with Crippen molar-refractivity contribution in [2.45, 2.75) is 17.2 Å². The molecule has 5 nitrogen and oxygen atoms in total. The van der Waals surface area contributed by atoms with Crippen molar-refractivity contribution in [2.24, 2.45) is 0 Å². The molecule has 0 aliphatic heterocycles. The average molecular weight is 214 g/mol. The van der Waals surface area contributed by atoms with Crippen molar-refractivity contribution in [3.63, 3.8) is 0 Å². The van der Waals surface area contributed by atoms with Crippen LogP contribution in [0.3, 0.4) is 0 Å². The average Bonchev–Trinajstić information content (AvgIpc) is 2.18. The number of aliphatic hydroxyl groups excluding tert-OH is 1. The fourth-order valence-electron chi connectivity index (χ4n) is 0.840. The summed E-state index contributed by atoms with van der Waals surface area (Å²) >= 11 is 1.20. The molecule has 1 N–H and O–H groups in total. The fourth-order valence-corrected chi connectivity index (χ4v) is 1.68. The molecule has 0 bridgehead atoms. The smallest absolute Gasteiger partial charge is 0.301 e. The number of pyridine rings is 1. The van der Waals surface area contributed by atoms with E-state index in [9.17, 15) is 10.1 Å². The molecule has 0 unspecified atom stereocenters. The third-order valence-corrected chi connectivity index (χ3v) is 2.61. The molecule has 0 spiro atoms. The van der Waals surface area contributed by atoms with Gasteiger partial charge in [0.05, 0.1) is 11.5 Å². The van der Waals surface area contributed by atoms with E-state index in [1.807, 2.05) is 0 Å². The summed E-state index contributed by atoms with van der Waals surface area (Å²) in [5.41, 5.74) is -0.0159. The van der Waals surface area contributed by atoms with Gasteiger partial charge in [0.25, 0.3) is 0 Å². The number of hydrogen-bond donors (Lipinski definition) is 1. The zero-order chi connectivity index (χ0) is 10.6. The Morgan fingerprint density at radius 3 is 3.07 bits per heavy atom. The largest absolute Gasteiger partial charge is 0.395 e. The Hall–Kier alpha value is -1.14. The highest BCUT2D eigenvalue weighted by atomic mass is 32.2. The standard InChI is InChI=1S/C8H10N2O3S/c1-6(5-11)14-8-7(10(12)13)3-2-4-9-8/h2-4,6,11H,5H2,1H3/t6-/m0/s1. The van der Waals surface area contributed by atoms with E-state index in [1.165, 1.54) is 30.1 Å². The van der Waals surface area contributed by atoms with Crippen LogP contribution in [0.15, 0.2) is 23.4 Å². The van der Waals surface area contributed by atoms with Gasteiger partial charge in [0.1, 0.15) is 0 Å². The van der Waals surface area contributed by atoms with Crippen LogP contribution >= 0.6 is 11.8 Å². The molecule has 0 fully saturated rings. The molecule has 0 aliphatic carbocycles. The van der Waals surface area contributed by atoms with Crippen LogP contribution < -0.4 is 0 Å². The maximum atomic E-state index is 10.6. The van der Waals surface area contributed by atoms with Gasteiger partial charge in [-0.1, -0.05) is 18.7 Å². The van der Waals surface area contributed by atoms with Gasteiger partial charge in [-0.25, -0.2) is 4.98 Å². The lowest BCUT2D eigenvalue weighted by atomic mass is 10.4. The van der Waals surface area contributed by atoms with E-state index in [0.29, 0.717) is 5.03 Å². The molecule has 76 valence electrons. The monoisotopic (exact) mass is 214 g/mol. The Morgan fingerprint density at radius 2 is 2.50 bits per heavy atom. The van der Waals surface area contributed by atoms with E-state index < -0.39 is 4.92 Å². The first kappa shape index (κ1) is 10.9. The highest BCUT2D eigenvalue weighted by Crippen LogP contribution is 2.29. The summed E-state index contributed by atoms with van der Waals surface area (Å²) in [6.45, 7) is 1.75. The summed E-state index contributed by atoms with van der Waals surface area (Å²) in [5, 5.41) is 19.6. The van der Waals surface area contributed by atoms with Gasteiger partial charge in [-0.15, -0.1) is 0 Å². The van der Waals surface area contributed by atoms with Crippen LogP contribution in [0.1, 0.15) is 6.92 Å². The van der Waals surface area contributed by atoms with Crippen LogP contribution in [0.5, 0.6) is 0 Å². The Balaban J connectivity index is 2.90. The number of nitrogens with zero attached hydrogens (tertiary/aromatic N) is 2. The van der Waals surface area contributed by atoms with Crippen molar-refractivity contribution in [2.75, 3.05) is 6.61 Å². The van der Waals surface area contributed by atoms with Gasteiger partial charge in [-0.05, 0) is 6.07 Å². The zero-order valence-electron chi connectivity index (χ0n) is 7.58. The molecule has 1 aromatic rings. The summed E-state index contributed by atoms with van der Waals surface area (Å²) in [7, 11) is 0. The molecule has 1 aromatic heterocycles. The quantitative estimate of drug-likeness (QED) is 0.466. The molecule has 0 saturated carbocycles. The highest BCUT2D eigenvalue weighted by molar-refractivity contribution is 8.00. The SMILES string of the molecule is C[C@@H](CO)Sc1ncccc1[N+](=O)[O-]. The van der Waals surface area contributed by atoms with E-state index in [1.54, 1.807) is 6.92 Å².